The number of methoxy groups -OCH3 is 1. The second-order valence-electron chi connectivity index (χ2n) is 8.28. The van der Waals surface area contributed by atoms with Crippen LogP contribution in [0, 0.1) is 17.5 Å². The minimum absolute atomic E-state index is 0.223. The Hall–Kier alpha value is -2.92. The van der Waals surface area contributed by atoms with E-state index in [-0.39, 0.29) is 18.4 Å². The van der Waals surface area contributed by atoms with Crippen LogP contribution in [0.2, 0.25) is 0 Å². The number of rotatable bonds is 7. The van der Waals surface area contributed by atoms with Crippen LogP contribution in [0.25, 0.3) is 11.0 Å². The van der Waals surface area contributed by atoms with Gasteiger partial charge in [0, 0.05) is 6.42 Å². The highest BCUT2D eigenvalue weighted by Crippen LogP contribution is 2.36. The first-order chi connectivity index (χ1) is 16.5. The van der Waals surface area contributed by atoms with Crippen molar-refractivity contribution in [3.8, 4) is 17.4 Å². The summed E-state index contributed by atoms with van der Waals surface area (Å²) >= 11 is 2.17. The number of ether oxygens (including phenoxy) is 4. The van der Waals surface area contributed by atoms with Crippen LogP contribution < -0.4 is 14.2 Å². The molecule has 4 aromatic rings. The summed E-state index contributed by atoms with van der Waals surface area (Å²) in [7, 11) is 1.59. The molecule has 0 amide bonds. The largest absolute Gasteiger partial charge is 0.491 e. The van der Waals surface area contributed by atoms with Gasteiger partial charge in [-0.1, -0.05) is 35.4 Å². The average molecular weight is 572 g/mol. The second kappa shape index (κ2) is 9.75. The molecule has 2 aromatic carbocycles. The molecule has 0 N–H and O–H groups in total. The Bertz CT molecular complexity index is 1280. The number of aromatic nitrogens is 4. The van der Waals surface area contributed by atoms with E-state index in [9.17, 15) is 0 Å². The van der Waals surface area contributed by atoms with Crippen LogP contribution in [0.4, 0.5) is 0 Å². The fourth-order valence-electron chi connectivity index (χ4n) is 3.99. The quantitative estimate of drug-likeness (QED) is 0.293. The molecule has 9 heteroatoms. The fourth-order valence-corrected chi connectivity index (χ4v) is 4.69. The summed E-state index contributed by atoms with van der Waals surface area (Å²) in [6, 6.07) is 16.0. The Labute approximate surface area is 211 Å². The molecule has 0 spiro atoms. The van der Waals surface area contributed by atoms with Crippen molar-refractivity contribution in [1.82, 2.24) is 19.7 Å². The molecule has 2 aromatic heterocycles. The highest BCUT2D eigenvalue weighted by Gasteiger charge is 2.40. The third-order valence-corrected chi connectivity index (χ3v) is 6.56. The molecule has 1 fully saturated rings. The van der Waals surface area contributed by atoms with Crippen LogP contribution >= 0.6 is 22.6 Å². The van der Waals surface area contributed by atoms with Gasteiger partial charge in [0.25, 0.3) is 0 Å². The molecule has 3 heterocycles. The number of hydrogen-bond acceptors (Lipinski definition) is 7. The minimum Gasteiger partial charge on any atom is -0.491 e. The third-order valence-electron chi connectivity index (χ3n) is 5.80. The highest BCUT2D eigenvalue weighted by molar-refractivity contribution is 14.1. The van der Waals surface area contributed by atoms with Crippen LogP contribution in [-0.2, 0) is 4.74 Å². The second-order valence-corrected chi connectivity index (χ2v) is 9.30. The van der Waals surface area contributed by atoms with Crippen molar-refractivity contribution in [3.63, 3.8) is 0 Å². The topological polar surface area (TPSA) is 80.5 Å². The van der Waals surface area contributed by atoms with E-state index in [0.29, 0.717) is 24.6 Å². The summed E-state index contributed by atoms with van der Waals surface area (Å²) in [6.45, 7) is 4.45. The van der Waals surface area contributed by atoms with Gasteiger partial charge in [0.2, 0.25) is 5.88 Å². The monoisotopic (exact) mass is 572 g/mol. The zero-order valence-corrected chi connectivity index (χ0v) is 21.3. The maximum atomic E-state index is 6.44. The van der Waals surface area contributed by atoms with Crippen LogP contribution in [0.5, 0.6) is 17.4 Å². The van der Waals surface area contributed by atoms with E-state index in [1.807, 2.05) is 55.5 Å². The summed E-state index contributed by atoms with van der Waals surface area (Å²) in [4.78, 5) is 8.66. The Morgan fingerprint density at radius 3 is 2.35 bits per heavy atom. The SMILES string of the molecule is COc1ncnc2c1c(I)nn2[C@H]1C[C@H](Oc2ccc(C)cc2)[C@@H](COc2ccc(C)cc2)O1. The third kappa shape index (κ3) is 4.67. The number of fused-ring (bicyclic) bond motifs is 1. The van der Waals surface area contributed by atoms with Crippen LogP contribution in [0.15, 0.2) is 54.9 Å². The summed E-state index contributed by atoms with van der Waals surface area (Å²) in [6.07, 6.45) is 1.18. The van der Waals surface area contributed by atoms with Gasteiger partial charge in [-0.05, 0) is 60.7 Å². The highest BCUT2D eigenvalue weighted by atomic mass is 127. The van der Waals surface area contributed by atoms with Gasteiger partial charge >= 0.3 is 0 Å². The van der Waals surface area contributed by atoms with Gasteiger partial charge in [-0.2, -0.15) is 5.10 Å². The lowest BCUT2D eigenvalue weighted by molar-refractivity contribution is -0.0386. The smallest absolute Gasteiger partial charge is 0.228 e. The molecule has 34 heavy (non-hydrogen) atoms. The molecular weight excluding hydrogens is 547 g/mol. The maximum absolute atomic E-state index is 6.44. The van der Waals surface area contributed by atoms with E-state index in [4.69, 9.17) is 24.0 Å². The molecule has 176 valence electrons. The van der Waals surface area contributed by atoms with Gasteiger partial charge in [0.05, 0.1) is 7.11 Å². The van der Waals surface area contributed by atoms with Crippen LogP contribution in [-0.4, -0.2) is 45.7 Å². The van der Waals surface area contributed by atoms with Gasteiger partial charge in [-0.25, -0.2) is 14.6 Å². The number of nitrogens with zero attached hydrogens (tertiary/aromatic N) is 4. The van der Waals surface area contributed by atoms with Crippen molar-refractivity contribution in [1.29, 1.82) is 0 Å². The van der Waals surface area contributed by atoms with E-state index in [2.05, 4.69) is 39.5 Å². The Morgan fingerprint density at radius 1 is 1.00 bits per heavy atom. The number of halogens is 1. The summed E-state index contributed by atoms with van der Waals surface area (Å²) < 4.78 is 26.8. The first-order valence-corrected chi connectivity index (χ1v) is 12.1. The van der Waals surface area contributed by atoms with E-state index in [1.165, 1.54) is 17.5 Å². The fraction of sp³-hybridized carbons (Fsp3) is 0.320. The molecule has 5 rings (SSSR count). The molecule has 0 unspecified atom stereocenters. The van der Waals surface area contributed by atoms with Gasteiger partial charge in [0.15, 0.2) is 11.9 Å². The number of benzene rings is 2. The zero-order valence-electron chi connectivity index (χ0n) is 19.1. The molecular formula is C25H25IN4O4. The van der Waals surface area contributed by atoms with Crippen molar-refractivity contribution < 1.29 is 18.9 Å². The molecule has 3 atom stereocenters. The predicted octanol–water partition coefficient (Wildman–Crippen LogP) is 4.87. The lowest BCUT2D eigenvalue weighted by atomic mass is 10.1. The summed E-state index contributed by atoms with van der Waals surface area (Å²) in [5.74, 6) is 2.08. The molecule has 0 radical (unpaired) electrons. The van der Waals surface area contributed by atoms with Gasteiger partial charge < -0.3 is 18.9 Å². The summed E-state index contributed by atoms with van der Waals surface area (Å²) in [5.41, 5.74) is 3.02. The zero-order chi connectivity index (χ0) is 23.7. The van der Waals surface area contributed by atoms with E-state index >= 15 is 0 Å². The lowest BCUT2D eigenvalue weighted by Crippen LogP contribution is -2.32. The predicted molar refractivity (Wildman–Crippen MR) is 135 cm³/mol. The standard InChI is InChI=1S/C25H25IN4O4/c1-15-4-8-17(9-5-15)32-13-20-19(33-18-10-6-16(2)7-11-18)12-21(34-20)30-24-22(23(26)29-30)25(31-3)28-14-27-24/h4-11,14,19-21H,12-13H2,1-3H3/t19-,20+,21+/m0/s1. The first kappa shape index (κ1) is 22.9. The molecule has 0 aliphatic carbocycles. The van der Waals surface area contributed by atoms with E-state index in [1.54, 1.807) is 11.8 Å². The first-order valence-electron chi connectivity index (χ1n) is 11.0. The lowest BCUT2D eigenvalue weighted by Gasteiger charge is -2.20. The Kier molecular flexibility index (Phi) is 6.55. The Morgan fingerprint density at radius 2 is 1.68 bits per heavy atom. The molecule has 0 saturated carbocycles. The van der Waals surface area contributed by atoms with Crippen molar-refractivity contribution >= 4 is 33.6 Å². The summed E-state index contributed by atoms with van der Waals surface area (Å²) in [5, 5.41) is 5.46. The van der Waals surface area contributed by atoms with Gasteiger partial charge in [-0.3, -0.25) is 0 Å². The van der Waals surface area contributed by atoms with Crippen LogP contribution in [0.1, 0.15) is 23.8 Å². The molecule has 1 saturated heterocycles. The van der Waals surface area contributed by atoms with E-state index < -0.39 is 0 Å². The molecule has 1 aliphatic heterocycles. The van der Waals surface area contributed by atoms with Crippen molar-refractivity contribution in [3.05, 3.63) is 69.7 Å². The molecule has 0 bridgehead atoms. The van der Waals surface area contributed by atoms with Gasteiger partial charge in [0.1, 0.15) is 45.7 Å². The van der Waals surface area contributed by atoms with Crippen molar-refractivity contribution in [2.75, 3.05) is 13.7 Å². The normalized spacial score (nSPS) is 19.9. The van der Waals surface area contributed by atoms with Crippen molar-refractivity contribution in [2.45, 2.75) is 38.7 Å². The van der Waals surface area contributed by atoms with Crippen LogP contribution in [0.3, 0.4) is 0 Å². The van der Waals surface area contributed by atoms with Crippen molar-refractivity contribution in [2.24, 2.45) is 0 Å². The average Bonchev–Trinajstić information content (AvgIpc) is 3.40. The molecule has 8 nitrogen and oxygen atoms in total. The van der Waals surface area contributed by atoms with E-state index in [0.717, 1.165) is 20.6 Å². The Balaban J connectivity index is 1.41. The minimum atomic E-state index is -0.368. The van der Waals surface area contributed by atoms with Gasteiger partial charge in [-0.15, -0.1) is 0 Å². The number of aryl methyl sites for hydroxylation is 2. The molecule has 1 aliphatic rings. The maximum Gasteiger partial charge on any atom is 0.228 e. The number of hydrogen-bond donors (Lipinski definition) is 0.